The summed E-state index contributed by atoms with van der Waals surface area (Å²) in [6, 6.07) is 14.0. The van der Waals surface area contributed by atoms with Crippen LogP contribution in [0.5, 0.6) is 17.2 Å². The number of aliphatic hydroxyl groups excluding tert-OH is 1. The van der Waals surface area contributed by atoms with E-state index in [-0.39, 0.29) is 28.9 Å². The van der Waals surface area contributed by atoms with Gasteiger partial charge in [-0.2, -0.15) is 0 Å². The third-order valence-electron chi connectivity index (χ3n) is 6.71. The molecule has 2 aliphatic rings. The number of hydrogen-bond donors (Lipinski definition) is 2. The maximum atomic E-state index is 13.5. The second-order valence-corrected chi connectivity index (χ2v) is 9.58. The van der Waals surface area contributed by atoms with Crippen molar-refractivity contribution >= 4 is 34.7 Å². The van der Waals surface area contributed by atoms with Crippen LogP contribution in [0.15, 0.2) is 60.2 Å². The lowest BCUT2D eigenvalue weighted by Gasteiger charge is -2.27. The topological polar surface area (TPSA) is 96.3 Å². The molecule has 2 unspecified atom stereocenters. The molecule has 2 heterocycles. The van der Waals surface area contributed by atoms with E-state index in [0.29, 0.717) is 40.4 Å². The van der Waals surface area contributed by atoms with Crippen molar-refractivity contribution in [3.8, 4) is 17.2 Å². The van der Waals surface area contributed by atoms with Gasteiger partial charge in [0.05, 0.1) is 18.2 Å². The molecule has 3 aromatic carbocycles. The second-order valence-electron chi connectivity index (χ2n) is 9.17. The lowest BCUT2D eigenvalue weighted by Crippen LogP contribution is -2.30. The number of rotatable bonds is 5. The van der Waals surface area contributed by atoms with Crippen molar-refractivity contribution in [2.75, 3.05) is 11.5 Å². The number of nitrogens with zero attached hydrogens (tertiary/aromatic N) is 1. The number of phenols is 1. The Morgan fingerprint density at radius 1 is 1.16 bits per heavy atom. The minimum absolute atomic E-state index is 0.0118. The van der Waals surface area contributed by atoms with Gasteiger partial charge in [-0.05, 0) is 79.9 Å². The van der Waals surface area contributed by atoms with Crippen molar-refractivity contribution in [3.63, 3.8) is 0 Å². The van der Waals surface area contributed by atoms with Crippen LogP contribution in [0.4, 0.5) is 5.69 Å². The molecule has 1 saturated heterocycles. The number of benzene rings is 3. The monoisotopic (exact) mass is 519 g/mol. The van der Waals surface area contributed by atoms with Crippen LogP contribution in [-0.2, 0) is 16.0 Å². The maximum Gasteiger partial charge on any atom is 0.300 e. The fourth-order valence-electron chi connectivity index (χ4n) is 4.95. The van der Waals surface area contributed by atoms with Crippen molar-refractivity contribution < 1.29 is 29.3 Å². The fraction of sp³-hybridized carbons (Fsp3) is 0.241. The van der Waals surface area contributed by atoms with Gasteiger partial charge in [0.1, 0.15) is 17.6 Å². The van der Waals surface area contributed by atoms with Gasteiger partial charge in [-0.25, -0.2) is 0 Å². The molecule has 190 valence electrons. The van der Waals surface area contributed by atoms with E-state index in [2.05, 4.69) is 0 Å². The maximum absolute atomic E-state index is 13.5. The molecule has 2 aliphatic heterocycles. The summed E-state index contributed by atoms with van der Waals surface area (Å²) < 4.78 is 11.3. The van der Waals surface area contributed by atoms with Gasteiger partial charge >= 0.3 is 0 Å². The van der Waals surface area contributed by atoms with E-state index in [9.17, 15) is 19.8 Å². The number of amides is 1. The first-order valence-electron chi connectivity index (χ1n) is 12.0. The second kappa shape index (κ2) is 9.48. The Morgan fingerprint density at radius 2 is 1.95 bits per heavy atom. The minimum atomic E-state index is -0.986. The first-order valence-corrected chi connectivity index (χ1v) is 12.4. The van der Waals surface area contributed by atoms with Crippen molar-refractivity contribution in [2.45, 2.75) is 39.3 Å². The third-order valence-corrected chi connectivity index (χ3v) is 7.12. The average molecular weight is 520 g/mol. The molecule has 2 N–H and O–H groups in total. The number of hydrogen-bond acceptors (Lipinski definition) is 6. The quantitative estimate of drug-likeness (QED) is 0.255. The van der Waals surface area contributed by atoms with Gasteiger partial charge in [-0.3, -0.25) is 14.5 Å². The molecule has 0 aliphatic carbocycles. The Labute approximate surface area is 219 Å². The molecular weight excluding hydrogens is 494 g/mol. The van der Waals surface area contributed by atoms with Gasteiger partial charge in [0, 0.05) is 22.7 Å². The van der Waals surface area contributed by atoms with Crippen LogP contribution < -0.4 is 14.4 Å². The summed E-state index contributed by atoms with van der Waals surface area (Å²) in [5.41, 5.74) is 2.80. The molecule has 5 rings (SSSR count). The first-order chi connectivity index (χ1) is 17.7. The highest BCUT2D eigenvalue weighted by Gasteiger charge is 2.47. The minimum Gasteiger partial charge on any atom is -0.507 e. The van der Waals surface area contributed by atoms with Gasteiger partial charge in [0.25, 0.3) is 11.7 Å². The molecule has 0 radical (unpaired) electrons. The molecule has 8 heteroatoms. The van der Waals surface area contributed by atoms with E-state index < -0.39 is 17.7 Å². The largest absolute Gasteiger partial charge is 0.507 e. The molecule has 7 nitrogen and oxygen atoms in total. The van der Waals surface area contributed by atoms with Crippen LogP contribution in [0, 0.1) is 6.92 Å². The van der Waals surface area contributed by atoms with E-state index in [1.807, 2.05) is 6.92 Å². The number of phenolic OH excluding ortho intramolecular Hbond substituents is 1. The Hall–Kier alpha value is -3.97. The predicted octanol–water partition coefficient (Wildman–Crippen LogP) is 5.70. The van der Waals surface area contributed by atoms with Crippen LogP contribution in [0.25, 0.3) is 5.76 Å². The SMILES string of the molecule is CCOc1cc(C2/C(=C(\O)c3ccc4c(c3)CC(C)O4)C(=O)C(=O)N2c2cccc(Cl)c2C)ccc1O. The highest BCUT2D eigenvalue weighted by Crippen LogP contribution is 2.46. The number of ketones is 1. The third kappa shape index (κ3) is 4.19. The van der Waals surface area contributed by atoms with Crippen LogP contribution in [0.3, 0.4) is 0 Å². The Balaban J connectivity index is 1.73. The summed E-state index contributed by atoms with van der Waals surface area (Å²) in [4.78, 5) is 28.3. The molecule has 0 bridgehead atoms. The summed E-state index contributed by atoms with van der Waals surface area (Å²) in [6.07, 6.45) is 0.684. The van der Waals surface area contributed by atoms with Crippen LogP contribution in [0.2, 0.25) is 5.02 Å². The zero-order valence-electron chi connectivity index (χ0n) is 20.6. The van der Waals surface area contributed by atoms with E-state index >= 15 is 0 Å². The van der Waals surface area contributed by atoms with Gasteiger partial charge in [0.15, 0.2) is 11.5 Å². The Bertz CT molecular complexity index is 1460. The first kappa shape index (κ1) is 24.7. The average Bonchev–Trinajstić information content (AvgIpc) is 3.37. The standard InChI is InChI=1S/C29H26ClNO6/c1-4-36-24-14-17(8-10-22(24)32)26-25(27(33)18-9-11-23-19(13-18)12-15(2)37-23)28(34)29(35)31(26)21-7-5-6-20(30)16(21)3/h5-11,13-15,26,32-33H,4,12H2,1-3H3/b27-25+. The lowest BCUT2D eigenvalue weighted by atomic mass is 9.94. The summed E-state index contributed by atoms with van der Waals surface area (Å²) in [6.45, 7) is 5.81. The Kier molecular flexibility index (Phi) is 6.33. The molecule has 2 atom stereocenters. The van der Waals surface area contributed by atoms with Gasteiger partial charge in [0.2, 0.25) is 0 Å². The van der Waals surface area contributed by atoms with Gasteiger partial charge in [-0.15, -0.1) is 0 Å². The highest BCUT2D eigenvalue weighted by molar-refractivity contribution is 6.52. The predicted molar refractivity (Wildman–Crippen MR) is 140 cm³/mol. The molecule has 1 fully saturated rings. The van der Waals surface area contributed by atoms with E-state index in [4.69, 9.17) is 21.1 Å². The van der Waals surface area contributed by atoms with E-state index in [1.54, 1.807) is 62.4 Å². The number of aliphatic hydroxyl groups is 1. The Morgan fingerprint density at radius 3 is 2.70 bits per heavy atom. The number of halogens is 1. The molecule has 3 aromatic rings. The number of aromatic hydroxyl groups is 1. The molecule has 0 spiro atoms. The number of anilines is 1. The fourth-order valence-corrected chi connectivity index (χ4v) is 5.12. The lowest BCUT2D eigenvalue weighted by molar-refractivity contribution is -0.132. The number of ether oxygens (including phenoxy) is 2. The van der Waals surface area contributed by atoms with Crippen LogP contribution in [-0.4, -0.2) is 34.6 Å². The van der Waals surface area contributed by atoms with Gasteiger partial charge < -0.3 is 19.7 Å². The molecule has 0 saturated carbocycles. The zero-order chi connectivity index (χ0) is 26.4. The van der Waals surface area contributed by atoms with E-state index in [1.165, 1.54) is 11.0 Å². The smallest absolute Gasteiger partial charge is 0.300 e. The highest BCUT2D eigenvalue weighted by atomic mass is 35.5. The molecule has 37 heavy (non-hydrogen) atoms. The van der Waals surface area contributed by atoms with Gasteiger partial charge in [-0.1, -0.05) is 23.7 Å². The summed E-state index contributed by atoms with van der Waals surface area (Å²) in [7, 11) is 0. The van der Waals surface area contributed by atoms with Crippen molar-refractivity contribution in [1.82, 2.24) is 0 Å². The summed E-state index contributed by atoms with van der Waals surface area (Å²) in [5, 5.41) is 22.2. The zero-order valence-corrected chi connectivity index (χ0v) is 21.4. The summed E-state index contributed by atoms with van der Waals surface area (Å²) in [5.74, 6) is -1.04. The van der Waals surface area contributed by atoms with Crippen LogP contribution >= 0.6 is 11.6 Å². The summed E-state index contributed by atoms with van der Waals surface area (Å²) >= 11 is 6.37. The number of Topliss-reactive ketones (excluding diaryl/α,β-unsaturated/α-hetero) is 1. The van der Waals surface area contributed by atoms with Crippen molar-refractivity contribution in [3.05, 3.63) is 87.4 Å². The van der Waals surface area contributed by atoms with Crippen LogP contribution in [0.1, 0.15) is 42.1 Å². The molecular formula is C29H26ClNO6. The number of fused-ring (bicyclic) bond motifs is 1. The van der Waals surface area contributed by atoms with E-state index in [0.717, 1.165) is 11.3 Å². The van der Waals surface area contributed by atoms with Crippen molar-refractivity contribution in [2.24, 2.45) is 0 Å². The molecule has 0 aromatic heterocycles. The van der Waals surface area contributed by atoms with Crippen molar-refractivity contribution in [1.29, 1.82) is 0 Å². The number of carbonyl (C=O) groups is 2. The normalized spacial score (nSPS) is 20.2. The molecule has 1 amide bonds. The number of carbonyl (C=O) groups excluding carboxylic acids is 2.